The van der Waals surface area contributed by atoms with E-state index >= 15 is 0 Å². The number of hydrogen-bond acceptors (Lipinski definition) is 5. The van der Waals surface area contributed by atoms with E-state index in [1.807, 2.05) is 18.3 Å². The van der Waals surface area contributed by atoms with E-state index in [0.29, 0.717) is 5.92 Å². The van der Waals surface area contributed by atoms with Gasteiger partial charge in [-0.25, -0.2) is 9.97 Å². The second-order valence-electron chi connectivity index (χ2n) is 13.8. The van der Waals surface area contributed by atoms with Crippen molar-refractivity contribution in [3.8, 4) is 0 Å². The average molecular weight is 640 g/mol. The zero-order valence-corrected chi connectivity index (χ0v) is 27.9. The van der Waals surface area contributed by atoms with E-state index in [-0.39, 0.29) is 5.92 Å². The molecule has 5 nitrogen and oxygen atoms in total. The summed E-state index contributed by atoms with van der Waals surface area (Å²) < 4.78 is 0. The van der Waals surface area contributed by atoms with Crippen LogP contribution in [0.4, 0.5) is 5.82 Å². The lowest BCUT2D eigenvalue weighted by Gasteiger charge is -2.37. The molecule has 2 atom stereocenters. The molecule has 2 aliphatic carbocycles. The molecule has 0 saturated carbocycles. The van der Waals surface area contributed by atoms with Crippen LogP contribution in [0.3, 0.4) is 0 Å². The largest absolute Gasteiger partial charge is 0.353 e. The molecule has 0 spiro atoms. The Balaban J connectivity index is 0.989. The van der Waals surface area contributed by atoms with E-state index in [2.05, 4.69) is 123 Å². The number of rotatable bonds is 7. The molecule has 49 heavy (non-hydrogen) atoms. The van der Waals surface area contributed by atoms with Crippen LogP contribution in [-0.4, -0.2) is 52.6 Å². The van der Waals surface area contributed by atoms with E-state index in [9.17, 15) is 0 Å². The molecule has 5 heteroatoms. The zero-order valence-electron chi connectivity index (χ0n) is 27.9. The highest BCUT2D eigenvalue weighted by Gasteiger charge is 2.35. The van der Waals surface area contributed by atoms with Gasteiger partial charge in [0.25, 0.3) is 0 Å². The maximum absolute atomic E-state index is 4.95. The predicted molar refractivity (Wildman–Crippen MR) is 201 cm³/mol. The maximum atomic E-state index is 4.95. The van der Waals surface area contributed by atoms with Crippen molar-refractivity contribution in [2.24, 2.45) is 5.92 Å². The first-order chi connectivity index (χ1) is 24.3. The Morgan fingerprint density at radius 1 is 0.755 bits per heavy atom. The molecule has 4 aromatic carbocycles. The fourth-order valence-corrected chi connectivity index (χ4v) is 8.59. The number of allylic oxidation sites excluding steroid dienone is 4. The van der Waals surface area contributed by atoms with Gasteiger partial charge in [0.05, 0.1) is 5.52 Å². The molecule has 6 aromatic rings. The van der Waals surface area contributed by atoms with Crippen molar-refractivity contribution >= 4 is 33.1 Å². The minimum absolute atomic E-state index is 0.212. The van der Waals surface area contributed by atoms with Crippen LogP contribution in [0.1, 0.15) is 46.7 Å². The summed E-state index contributed by atoms with van der Waals surface area (Å²) in [5, 5.41) is 3.89. The molecular weight excluding hydrogens is 599 g/mol. The molecule has 0 bridgehead atoms. The van der Waals surface area contributed by atoms with Gasteiger partial charge in [-0.3, -0.25) is 9.88 Å². The van der Waals surface area contributed by atoms with Crippen molar-refractivity contribution in [1.82, 2.24) is 19.9 Å². The molecule has 3 aliphatic rings. The molecule has 2 unspecified atom stereocenters. The summed E-state index contributed by atoms with van der Waals surface area (Å²) >= 11 is 0. The minimum atomic E-state index is 0.212. The van der Waals surface area contributed by atoms with E-state index in [4.69, 9.17) is 4.98 Å². The summed E-state index contributed by atoms with van der Waals surface area (Å²) in [6.07, 6.45) is 12.7. The van der Waals surface area contributed by atoms with Gasteiger partial charge in [0.1, 0.15) is 12.1 Å². The van der Waals surface area contributed by atoms with E-state index in [1.54, 1.807) is 11.9 Å². The molecule has 1 fully saturated rings. The first kappa shape index (κ1) is 30.0. The average Bonchev–Trinajstić information content (AvgIpc) is 3.18. The zero-order chi connectivity index (χ0) is 32.6. The van der Waals surface area contributed by atoms with Crippen LogP contribution in [-0.2, 0) is 12.8 Å². The van der Waals surface area contributed by atoms with Crippen molar-refractivity contribution in [2.75, 3.05) is 37.6 Å². The fraction of sp³-hybridized carbons (Fsp3) is 0.250. The number of fused-ring (bicyclic) bond motifs is 5. The number of benzene rings is 4. The number of piperazine rings is 1. The highest BCUT2D eigenvalue weighted by atomic mass is 15.3. The summed E-state index contributed by atoms with van der Waals surface area (Å²) in [5.74, 6) is 1.64. The van der Waals surface area contributed by atoms with E-state index in [1.165, 1.54) is 38.6 Å². The molecule has 3 heterocycles. The Morgan fingerprint density at radius 3 is 2.47 bits per heavy atom. The van der Waals surface area contributed by atoms with Crippen LogP contribution >= 0.6 is 0 Å². The molecule has 9 rings (SSSR count). The molecule has 0 N–H and O–H groups in total. The molecule has 1 saturated heterocycles. The molecule has 1 aliphatic heterocycles. The van der Waals surface area contributed by atoms with Gasteiger partial charge >= 0.3 is 0 Å². The van der Waals surface area contributed by atoms with Crippen LogP contribution in [0.5, 0.6) is 0 Å². The van der Waals surface area contributed by atoms with Gasteiger partial charge in [-0.2, -0.15) is 0 Å². The van der Waals surface area contributed by atoms with Gasteiger partial charge < -0.3 is 4.90 Å². The van der Waals surface area contributed by atoms with Gasteiger partial charge in [0.2, 0.25) is 0 Å². The highest BCUT2D eigenvalue weighted by molar-refractivity contribution is 5.94. The Kier molecular flexibility index (Phi) is 7.98. The number of hydrogen-bond donors (Lipinski definition) is 0. The predicted octanol–water partition coefficient (Wildman–Crippen LogP) is 8.65. The van der Waals surface area contributed by atoms with Crippen molar-refractivity contribution in [3.63, 3.8) is 0 Å². The van der Waals surface area contributed by atoms with Crippen molar-refractivity contribution in [2.45, 2.75) is 31.6 Å². The second kappa shape index (κ2) is 13.1. The van der Waals surface area contributed by atoms with E-state index < -0.39 is 0 Å². The fourth-order valence-electron chi connectivity index (χ4n) is 8.59. The van der Waals surface area contributed by atoms with Gasteiger partial charge in [0.15, 0.2) is 0 Å². The van der Waals surface area contributed by atoms with Gasteiger partial charge in [0, 0.05) is 55.9 Å². The lowest BCUT2D eigenvalue weighted by molar-refractivity contribution is 0.260. The van der Waals surface area contributed by atoms with Crippen LogP contribution in [0.25, 0.3) is 27.2 Å². The molecule has 2 aromatic heterocycles. The molecule has 0 amide bonds. The lowest BCUT2D eigenvalue weighted by atomic mass is 9.67. The Hall–Kier alpha value is -5.13. The smallest absolute Gasteiger partial charge is 0.139 e. The monoisotopic (exact) mass is 639 g/mol. The lowest BCUT2D eigenvalue weighted by Crippen LogP contribution is -2.47. The third-order valence-corrected chi connectivity index (χ3v) is 11.0. The van der Waals surface area contributed by atoms with Gasteiger partial charge in [-0.1, -0.05) is 96.6 Å². The topological polar surface area (TPSA) is 45.2 Å². The Bertz CT molecular complexity index is 2140. The van der Waals surface area contributed by atoms with E-state index in [0.717, 1.165) is 80.8 Å². The van der Waals surface area contributed by atoms with Crippen molar-refractivity contribution < 1.29 is 0 Å². The summed E-state index contributed by atoms with van der Waals surface area (Å²) in [4.78, 5) is 19.1. The van der Waals surface area contributed by atoms with Crippen molar-refractivity contribution in [3.05, 3.63) is 161 Å². The first-order valence-electron chi connectivity index (χ1n) is 17.9. The third kappa shape index (κ3) is 5.72. The number of anilines is 1. The summed E-state index contributed by atoms with van der Waals surface area (Å²) in [5.41, 5.74) is 10.9. The van der Waals surface area contributed by atoms with Gasteiger partial charge in [-0.15, -0.1) is 0 Å². The van der Waals surface area contributed by atoms with Crippen LogP contribution in [0.15, 0.2) is 133 Å². The first-order valence-corrected chi connectivity index (χ1v) is 17.9. The molecule has 0 radical (unpaired) electrons. The third-order valence-electron chi connectivity index (χ3n) is 11.0. The van der Waals surface area contributed by atoms with Crippen LogP contribution < -0.4 is 4.90 Å². The maximum Gasteiger partial charge on any atom is 0.139 e. The number of para-hydroxylation sites is 1. The quantitative estimate of drug-likeness (QED) is 0.175. The summed E-state index contributed by atoms with van der Waals surface area (Å²) in [6, 6.07) is 37.7. The SMILES string of the molecule is C1=CC2=C(CC1)C(C(c1ccccc1)c1ccccn1)Cc1c2ccc2ccc(CCN3CCN(c4ncnc5ccccc45)CC3)cc12. The second-order valence-corrected chi connectivity index (χ2v) is 13.8. The molecular formula is C44H41N5. The van der Waals surface area contributed by atoms with Crippen LogP contribution in [0, 0.1) is 5.92 Å². The van der Waals surface area contributed by atoms with Crippen LogP contribution in [0.2, 0.25) is 0 Å². The molecule has 242 valence electrons. The number of nitrogens with zero attached hydrogens (tertiary/aromatic N) is 5. The Morgan fingerprint density at radius 2 is 1.59 bits per heavy atom. The number of pyridine rings is 1. The van der Waals surface area contributed by atoms with Gasteiger partial charge in [-0.05, 0) is 94.5 Å². The Labute approximate surface area is 288 Å². The number of aromatic nitrogens is 3. The summed E-state index contributed by atoms with van der Waals surface area (Å²) in [6.45, 7) is 5.12. The standard InChI is InChI=1S/C44H41N5/c1-2-10-33(11-3-1)43(42-16-8-9-22-45-42)40-29-39-36(34-12-4-5-13-35(34)40)20-19-32-18-17-31(28-38(32)39)21-23-48-24-26-49(27-25-48)44-37-14-6-7-15-41(37)46-30-47-44/h1-4,6-12,14-20,22,28,30,40,43H,5,13,21,23-27,29H2. The normalized spacial score (nSPS) is 18.4. The minimum Gasteiger partial charge on any atom is -0.353 e. The summed E-state index contributed by atoms with van der Waals surface area (Å²) in [7, 11) is 0. The van der Waals surface area contributed by atoms with Crippen molar-refractivity contribution in [1.29, 1.82) is 0 Å². The highest BCUT2D eigenvalue weighted by Crippen LogP contribution is 2.49.